The summed E-state index contributed by atoms with van der Waals surface area (Å²) in [6.07, 6.45) is 5.79. The SMILES string of the molecule is C=CCOC1CCCCN1.Cl. The van der Waals surface area contributed by atoms with Crippen molar-refractivity contribution in [3.8, 4) is 0 Å². The van der Waals surface area contributed by atoms with Gasteiger partial charge in [0.05, 0.1) is 6.61 Å². The molecule has 11 heavy (non-hydrogen) atoms. The predicted octanol–water partition coefficient (Wildman–Crippen LogP) is 1.71. The minimum atomic E-state index is 0. The van der Waals surface area contributed by atoms with E-state index in [4.69, 9.17) is 4.74 Å². The highest BCUT2D eigenvalue weighted by atomic mass is 35.5. The molecule has 2 nitrogen and oxygen atoms in total. The molecular weight excluding hydrogens is 162 g/mol. The van der Waals surface area contributed by atoms with Crippen LogP contribution in [0.4, 0.5) is 0 Å². The quantitative estimate of drug-likeness (QED) is 0.663. The fourth-order valence-corrected chi connectivity index (χ4v) is 1.15. The summed E-state index contributed by atoms with van der Waals surface area (Å²) in [6.45, 7) is 5.36. The molecule has 0 radical (unpaired) electrons. The fraction of sp³-hybridized carbons (Fsp3) is 0.750. The van der Waals surface area contributed by atoms with Crippen LogP contribution in [0.1, 0.15) is 19.3 Å². The molecule has 0 saturated carbocycles. The molecular formula is C8H16ClNO. The van der Waals surface area contributed by atoms with Crippen LogP contribution in [0.5, 0.6) is 0 Å². The summed E-state index contributed by atoms with van der Waals surface area (Å²) < 4.78 is 5.40. The average molecular weight is 178 g/mol. The van der Waals surface area contributed by atoms with Gasteiger partial charge in [0, 0.05) is 0 Å². The monoisotopic (exact) mass is 177 g/mol. The zero-order chi connectivity index (χ0) is 7.23. The Balaban J connectivity index is 0.000001000. The van der Waals surface area contributed by atoms with Crippen LogP contribution in [0.2, 0.25) is 0 Å². The van der Waals surface area contributed by atoms with Gasteiger partial charge in [-0.3, -0.25) is 5.32 Å². The number of nitrogens with one attached hydrogen (secondary N) is 1. The standard InChI is InChI=1S/C8H15NO.ClH/c1-2-7-10-8-5-3-4-6-9-8;/h2,8-9H,1,3-7H2;1H. The second-order valence-corrected chi connectivity index (χ2v) is 2.56. The van der Waals surface area contributed by atoms with E-state index in [0.717, 1.165) is 13.0 Å². The molecule has 0 aromatic rings. The third kappa shape index (κ3) is 4.40. The smallest absolute Gasteiger partial charge is 0.108 e. The Labute approximate surface area is 74.4 Å². The van der Waals surface area contributed by atoms with Crippen LogP contribution >= 0.6 is 12.4 Å². The summed E-state index contributed by atoms with van der Waals surface area (Å²) in [7, 11) is 0. The lowest BCUT2D eigenvalue weighted by Crippen LogP contribution is -2.36. The first-order valence-corrected chi connectivity index (χ1v) is 3.89. The summed E-state index contributed by atoms with van der Waals surface area (Å²) in [5.74, 6) is 0. The van der Waals surface area contributed by atoms with Crippen LogP contribution in [0, 0.1) is 0 Å². The van der Waals surface area contributed by atoms with Crippen molar-refractivity contribution in [1.82, 2.24) is 5.32 Å². The third-order valence-electron chi connectivity index (χ3n) is 1.68. The Hall–Kier alpha value is -0.0500. The first-order valence-electron chi connectivity index (χ1n) is 3.89. The molecule has 3 heteroatoms. The van der Waals surface area contributed by atoms with Gasteiger partial charge >= 0.3 is 0 Å². The fourth-order valence-electron chi connectivity index (χ4n) is 1.15. The van der Waals surface area contributed by atoms with Gasteiger partial charge in [0.1, 0.15) is 6.23 Å². The maximum absolute atomic E-state index is 5.40. The van der Waals surface area contributed by atoms with Crippen molar-refractivity contribution in [2.45, 2.75) is 25.5 Å². The number of ether oxygens (including phenoxy) is 1. The Morgan fingerprint density at radius 1 is 1.55 bits per heavy atom. The maximum atomic E-state index is 5.40. The lowest BCUT2D eigenvalue weighted by Gasteiger charge is -2.22. The molecule has 1 unspecified atom stereocenters. The minimum absolute atomic E-state index is 0. The van der Waals surface area contributed by atoms with E-state index < -0.39 is 0 Å². The van der Waals surface area contributed by atoms with Gasteiger partial charge < -0.3 is 4.74 Å². The van der Waals surface area contributed by atoms with Crippen molar-refractivity contribution in [3.05, 3.63) is 12.7 Å². The van der Waals surface area contributed by atoms with Crippen LogP contribution in [0.25, 0.3) is 0 Å². The van der Waals surface area contributed by atoms with E-state index in [9.17, 15) is 0 Å². The number of hydrogen-bond donors (Lipinski definition) is 1. The summed E-state index contributed by atoms with van der Waals surface area (Å²) in [4.78, 5) is 0. The zero-order valence-corrected chi connectivity index (χ0v) is 7.53. The van der Waals surface area contributed by atoms with Gasteiger partial charge in [-0.15, -0.1) is 19.0 Å². The van der Waals surface area contributed by atoms with Gasteiger partial charge in [-0.25, -0.2) is 0 Å². The molecule has 1 N–H and O–H groups in total. The van der Waals surface area contributed by atoms with Gasteiger partial charge in [-0.1, -0.05) is 6.08 Å². The van der Waals surface area contributed by atoms with Crippen LogP contribution < -0.4 is 5.32 Å². The van der Waals surface area contributed by atoms with Crippen LogP contribution in [0.3, 0.4) is 0 Å². The summed E-state index contributed by atoms with van der Waals surface area (Å²) in [5, 5.41) is 3.28. The summed E-state index contributed by atoms with van der Waals surface area (Å²) in [5.41, 5.74) is 0. The molecule has 1 rings (SSSR count). The van der Waals surface area contributed by atoms with Crippen molar-refractivity contribution in [3.63, 3.8) is 0 Å². The molecule has 1 atom stereocenters. The minimum Gasteiger partial charge on any atom is -0.359 e. The van der Waals surface area contributed by atoms with Crippen LogP contribution in [-0.2, 0) is 4.74 Å². The molecule has 0 aromatic heterocycles. The Morgan fingerprint density at radius 2 is 2.36 bits per heavy atom. The number of hydrogen-bond acceptors (Lipinski definition) is 2. The van der Waals surface area contributed by atoms with Crippen molar-refractivity contribution in [1.29, 1.82) is 0 Å². The lowest BCUT2D eigenvalue weighted by atomic mass is 10.1. The van der Waals surface area contributed by atoms with E-state index >= 15 is 0 Å². The normalized spacial score (nSPS) is 23.8. The Bertz CT molecular complexity index is 102. The second kappa shape index (κ2) is 6.65. The Kier molecular flexibility index (Phi) is 6.62. The predicted molar refractivity (Wildman–Crippen MR) is 49.0 cm³/mol. The summed E-state index contributed by atoms with van der Waals surface area (Å²) >= 11 is 0. The largest absolute Gasteiger partial charge is 0.359 e. The highest BCUT2D eigenvalue weighted by Gasteiger charge is 2.10. The molecule has 1 aliphatic rings. The first-order chi connectivity index (χ1) is 4.93. The molecule has 1 heterocycles. The van der Waals surface area contributed by atoms with E-state index in [0.29, 0.717) is 6.61 Å². The van der Waals surface area contributed by atoms with Gasteiger partial charge in [-0.05, 0) is 25.8 Å². The van der Waals surface area contributed by atoms with Gasteiger partial charge in [0.15, 0.2) is 0 Å². The number of piperidine rings is 1. The summed E-state index contributed by atoms with van der Waals surface area (Å²) in [6, 6.07) is 0. The van der Waals surface area contributed by atoms with Crippen molar-refractivity contribution >= 4 is 12.4 Å². The molecule has 0 aromatic carbocycles. The van der Waals surface area contributed by atoms with Crippen LogP contribution in [0.15, 0.2) is 12.7 Å². The Morgan fingerprint density at radius 3 is 2.91 bits per heavy atom. The second-order valence-electron chi connectivity index (χ2n) is 2.56. The van der Waals surface area contributed by atoms with E-state index in [-0.39, 0.29) is 18.6 Å². The topological polar surface area (TPSA) is 21.3 Å². The van der Waals surface area contributed by atoms with Gasteiger partial charge in [-0.2, -0.15) is 0 Å². The molecule has 1 aliphatic heterocycles. The third-order valence-corrected chi connectivity index (χ3v) is 1.68. The molecule has 1 saturated heterocycles. The molecule has 0 aliphatic carbocycles. The first kappa shape index (κ1) is 11.0. The zero-order valence-electron chi connectivity index (χ0n) is 6.71. The van der Waals surface area contributed by atoms with Crippen LogP contribution in [-0.4, -0.2) is 19.4 Å². The molecule has 66 valence electrons. The maximum Gasteiger partial charge on any atom is 0.108 e. The molecule has 0 amide bonds. The average Bonchev–Trinajstić information content (AvgIpc) is 2.03. The van der Waals surface area contributed by atoms with E-state index in [1.807, 2.05) is 0 Å². The van der Waals surface area contributed by atoms with Crippen molar-refractivity contribution in [2.24, 2.45) is 0 Å². The lowest BCUT2D eigenvalue weighted by molar-refractivity contribution is 0.0295. The van der Waals surface area contributed by atoms with E-state index in [1.54, 1.807) is 6.08 Å². The molecule has 0 spiro atoms. The highest BCUT2D eigenvalue weighted by Crippen LogP contribution is 2.07. The van der Waals surface area contributed by atoms with Gasteiger partial charge in [0.25, 0.3) is 0 Å². The van der Waals surface area contributed by atoms with E-state index in [2.05, 4.69) is 11.9 Å². The van der Waals surface area contributed by atoms with Crippen molar-refractivity contribution < 1.29 is 4.74 Å². The highest BCUT2D eigenvalue weighted by molar-refractivity contribution is 5.85. The van der Waals surface area contributed by atoms with Crippen molar-refractivity contribution in [2.75, 3.05) is 13.2 Å². The van der Waals surface area contributed by atoms with Gasteiger partial charge in [0.2, 0.25) is 0 Å². The number of rotatable bonds is 3. The molecule has 1 fully saturated rings. The molecule has 0 bridgehead atoms. The number of halogens is 1. The van der Waals surface area contributed by atoms with E-state index in [1.165, 1.54) is 12.8 Å².